The van der Waals surface area contributed by atoms with E-state index in [4.69, 9.17) is 21.4 Å². The molecule has 1 heterocycles. The third-order valence-electron chi connectivity index (χ3n) is 5.81. The summed E-state index contributed by atoms with van der Waals surface area (Å²) in [6, 6.07) is 35.5. The summed E-state index contributed by atoms with van der Waals surface area (Å²) in [5, 5.41) is 14.8. The summed E-state index contributed by atoms with van der Waals surface area (Å²) in [6.45, 7) is 0.134. The number of halogens is 1. The molecule has 0 radical (unpaired) electrons. The van der Waals surface area contributed by atoms with E-state index in [0.717, 1.165) is 33.5 Å². The topological polar surface area (TPSA) is 64.3 Å². The predicted octanol–water partition coefficient (Wildman–Crippen LogP) is 7.05. The Morgan fingerprint density at radius 1 is 0.806 bits per heavy atom. The molecule has 0 unspecified atom stereocenters. The highest BCUT2D eigenvalue weighted by Gasteiger charge is 2.17. The van der Waals surface area contributed by atoms with Crippen LogP contribution in [0.4, 0.5) is 0 Å². The molecule has 0 aliphatic rings. The summed E-state index contributed by atoms with van der Waals surface area (Å²) in [6.07, 6.45) is 0. The average molecular weight is 495 g/mol. The molecule has 36 heavy (non-hydrogen) atoms. The average Bonchev–Trinajstić information content (AvgIpc) is 3.32. The lowest BCUT2D eigenvalue weighted by Gasteiger charge is -2.11. The molecule has 4 aromatic carbocycles. The number of ether oxygens (including phenoxy) is 1. The van der Waals surface area contributed by atoms with E-state index in [1.54, 1.807) is 6.07 Å². The molecule has 1 aromatic heterocycles. The lowest BCUT2D eigenvalue weighted by Crippen LogP contribution is -2.10. The Labute approximate surface area is 214 Å². The van der Waals surface area contributed by atoms with Crippen LogP contribution in [0.25, 0.3) is 33.6 Å². The Kier molecular flexibility index (Phi) is 6.83. The molecule has 5 rings (SSSR count). The fourth-order valence-corrected chi connectivity index (χ4v) is 4.21. The first-order valence-electron chi connectivity index (χ1n) is 11.5. The van der Waals surface area contributed by atoms with Gasteiger partial charge in [-0.2, -0.15) is 5.10 Å². The number of carboxylic acid groups (broad SMARTS) is 1. The van der Waals surface area contributed by atoms with Crippen molar-refractivity contribution in [3.8, 4) is 39.4 Å². The number of aliphatic carboxylic acids is 1. The van der Waals surface area contributed by atoms with Gasteiger partial charge in [0.25, 0.3) is 0 Å². The van der Waals surface area contributed by atoms with Crippen molar-refractivity contribution in [1.82, 2.24) is 9.78 Å². The summed E-state index contributed by atoms with van der Waals surface area (Å²) < 4.78 is 7.61. The number of rotatable bonds is 8. The molecule has 0 atom stereocenters. The van der Waals surface area contributed by atoms with E-state index in [1.165, 1.54) is 0 Å². The first-order chi connectivity index (χ1) is 17.6. The van der Waals surface area contributed by atoms with E-state index in [0.29, 0.717) is 23.0 Å². The molecule has 5 nitrogen and oxygen atoms in total. The first-order valence-corrected chi connectivity index (χ1v) is 11.9. The predicted molar refractivity (Wildman–Crippen MR) is 142 cm³/mol. The molecule has 0 fully saturated rings. The first kappa shape index (κ1) is 23.4. The van der Waals surface area contributed by atoms with Crippen molar-refractivity contribution < 1.29 is 14.6 Å². The zero-order chi connectivity index (χ0) is 24.9. The molecule has 0 aliphatic carbocycles. The normalized spacial score (nSPS) is 10.8. The van der Waals surface area contributed by atoms with Crippen LogP contribution in [-0.4, -0.2) is 27.5 Å². The maximum atomic E-state index is 11.2. The second-order valence-electron chi connectivity index (χ2n) is 8.32. The minimum Gasteiger partial charge on any atom is -0.481 e. The third kappa shape index (κ3) is 5.32. The smallest absolute Gasteiger partial charge is 0.341 e. The number of benzene rings is 4. The van der Waals surface area contributed by atoms with Gasteiger partial charge in [-0.3, -0.25) is 4.68 Å². The fourth-order valence-electron chi connectivity index (χ4n) is 4.08. The number of carboxylic acids is 1. The third-order valence-corrected chi connectivity index (χ3v) is 6.06. The van der Waals surface area contributed by atoms with E-state index < -0.39 is 12.6 Å². The van der Waals surface area contributed by atoms with Crippen molar-refractivity contribution in [1.29, 1.82) is 0 Å². The van der Waals surface area contributed by atoms with E-state index in [1.807, 2.05) is 95.7 Å². The van der Waals surface area contributed by atoms with Gasteiger partial charge in [0.2, 0.25) is 0 Å². The van der Waals surface area contributed by atoms with Crippen LogP contribution in [-0.2, 0) is 11.3 Å². The second-order valence-corrected chi connectivity index (χ2v) is 8.76. The molecule has 178 valence electrons. The second kappa shape index (κ2) is 10.5. The summed E-state index contributed by atoms with van der Waals surface area (Å²) in [4.78, 5) is 11.2. The quantitative estimate of drug-likeness (QED) is 0.251. The van der Waals surface area contributed by atoms with Gasteiger partial charge in [-0.1, -0.05) is 90.5 Å². The van der Waals surface area contributed by atoms with Crippen LogP contribution in [0.2, 0.25) is 5.02 Å². The molecule has 0 aliphatic heterocycles. The van der Waals surface area contributed by atoms with Crippen LogP contribution in [0.1, 0.15) is 5.56 Å². The molecule has 1 N–H and O–H groups in total. The van der Waals surface area contributed by atoms with Gasteiger partial charge >= 0.3 is 5.97 Å². The van der Waals surface area contributed by atoms with Crippen LogP contribution < -0.4 is 4.74 Å². The zero-order valence-corrected chi connectivity index (χ0v) is 20.1. The van der Waals surface area contributed by atoms with Crippen molar-refractivity contribution in [3.05, 3.63) is 120 Å². The van der Waals surface area contributed by atoms with Gasteiger partial charge in [0.05, 0.1) is 17.9 Å². The number of nitrogens with zero attached hydrogens (tertiary/aromatic N) is 2. The highest BCUT2D eigenvalue weighted by molar-refractivity contribution is 6.30. The standard InChI is InChI=1S/C30H23ClN2O3/c31-25-14-11-23(12-15-25)28-18-27(32-33(28)19-21-7-3-1-4-8-21)26-17-24(22-9-5-2-6-10-22)13-16-29(26)36-20-30(34)35/h1-18H,19-20H2,(H,34,35). The molecule has 0 spiro atoms. The summed E-state index contributed by atoms with van der Waals surface area (Å²) >= 11 is 6.14. The van der Waals surface area contributed by atoms with E-state index in [2.05, 4.69) is 12.1 Å². The summed E-state index contributed by atoms with van der Waals surface area (Å²) in [7, 11) is 0. The highest BCUT2D eigenvalue weighted by Crippen LogP contribution is 2.36. The SMILES string of the molecule is O=C(O)COc1ccc(-c2ccccc2)cc1-c1cc(-c2ccc(Cl)cc2)n(Cc2ccccc2)n1. The van der Waals surface area contributed by atoms with Crippen molar-refractivity contribution >= 4 is 17.6 Å². The van der Waals surface area contributed by atoms with Crippen LogP contribution >= 0.6 is 11.6 Å². The van der Waals surface area contributed by atoms with E-state index in [9.17, 15) is 9.90 Å². The van der Waals surface area contributed by atoms with Crippen LogP contribution in [0.5, 0.6) is 5.75 Å². The monoisotopic (exact) mass is 494 g/mol. The molecular weight excluding hydrogens is 472 g/mol. The van der Waals surface area contributed by atoms with Gasteiger partial charge in [-0.05, 0) is 52.6 Å². The lowest BCUT2D eigenvalue weighted by atomic mass is 10.0. The Morgan fingerprint density at radius 2 is 1.47 bits per heavy atom. The van der Waals surface area contributed by atoms with E-state index >= 15 is 0 Å². The number of hydrogen-bond donors (Lipinski definition) is 1. The van der Waals surface area contributed by atoms with Crippen LogP contribution in [0.3, 0.4) is 0 Å². The van der Waals surface area contributed by atoms with Crippen LogP contribution in [0, 0.1) is 0 Å². The maximum absolute atomic E-state index is 11.2. The van der Waals surface area contributed by atoms with Crippen LogP contribution in [0.15, 0.2) is 109 Å². The van der Waals surface area contributed by atoms with Gasteiger partial charge in [0.1, 0.15) is 5.75 Å². The van der Waals surface area contributed by atoms with Gasteiger partial charge in [0, 0.05) is 10.6 Å². The number of carbonyl (C=O) groups is 1. The molecule has 0 amide bonds. The van der Waals surface area contributed by atoms with Crippen molar-refractivity contribution in [2.45, 2.75) is 6.54 Å². The Balaban J connectivity index is 1.64. The van der Waals surface area contributed by atoms with E-state index in [-0.39, 0.29) is 0 Å². The van der Waals surface area contributed by atoms with Gasteiger partial charge < -0.3 is 9.84 Å². The van der Waals surface area contributed by atoms with Crippen molar-refractivity contribution in [2.75, 3.05) is 6.61 Å². The molecular formula is C30H23ClN2O3. The lowest BCUT2D eigenvalue weighted by molar-refractivity contribution is -0.139. The van der Waals surface area contributed by atoms with Gasteiger partial charge in [-0.25, -0.2) is 4.79 Å². The minimum atomic E-state index is -1.04. The highest BCUT2D eigenvalue weighted by atomic mass is 35.5. The number of aromatic nitrogens is 2. The zero-order valence-electron chi connectivity index (χ0n) is 19.3. The molecule has 0 bridgehead atoms. The van der Waals surface area contributed by atoms with Gasteiger partial charge in [-0.15, -0.1) is 0 Å². The summed E-state index contributed by atoms with van der Waals surface area (Å²) in [5.74, 6) is -0.575. The number of hydrogen-bond acceptors (Lipinski definition) is 3. The molecule has 5 aromatic rings. The largest absolute Gasteiger partial charge is 0.481 e. The van der Waals surface area contributed by atoms with Gasteiger partial charge in [0.15, 0.2) is 6.61 Å². The minimum absolute atomic E-state index is 0.438. The molecule has 0 saturated carbocycles. The Hall–Kier alpha value is -4.35. The Morgan fingerprint density at radius 3 is 2.17 bits per heavy atom. The Bertz CT molecular complexity index is 1480. The maximum Gasteiger partial charge on any atom is 0.341 e. The molecule has 0 saturated heterocycles. The van der Waals surface area contributed by atoms with Crippen molar-refractivity contribution in [3.63, 3.8) is 0 Å². The van der Waals surface area contributed by atoms with Crippen molar-refractivity contribution in [2.24, 2.45) is 0 Å². The fraction of sp³-hybridized carbons (Fsp3) is 0.0667. The summed E-state index contributed by atoms with van der Waals surface area (Å²) in [5.41, 5.74) is 6.45. The molecule has 6 heteroatoms.